The van der Waals surface area contributed by atoms with E-state index in [1.807, 2.05) is 19.0 Å². The van der Waals surface area contributed by atoms with Gasteiger partial charge in [-0.15, -0.1) is 13.2 Å². The average molecular weight is 859 g/mol. The van der Waals surface area contributed by atoms with Gasteiger partial charge in [0.25, 0.3) is 0 Å². The first-order valence-electron chi connectivity index (χ1n) is 22.7. The predicted octanol–water partition coefficient (Wildman–Crippen LogP) is 9.70. The SMILES string of the molecule is CC(C)C1=C2[C@H]3CC[C@@H]4[C@@]5(C)CC[C@H](OC(=O)CC(C)(C)C(=O)O)C(C)(C)[C@@H]5CC[C@@]4(C)[C@]3(C)CCC2(C(O)CN(CCN(C)C)Cc2cccc(OC(F)(F)F)c2)CC1=O. The molecule has 2 N–H and O–H groups in total. The maximum absolute atomic E-state index is 14.3. The van der Waals surface area contributed by atoms with Crippen molar-refractivity contribution in [2.75, 3.05) is 33.7 Å². The number of ether oxygens (including phenoxy) is 2. The lowest BCUT2D eigenvalue weighted by Crippen LogP contribution is -2.66. The van der Waals surface area contributed by atoms with Gasteiger partial charge in [-0.05, 0) is 142 Å². The Balaban J connectivity index is 1.28. The van der Waals surface area contributed by atoms with Crippen LogP contribution in [0, 0.1) is 56.2 Å². The van der Waals surface area contributed by atoms with Crippen LogP contribution < -0.4 is 4.74 Å². The fraction of sp³-hybridized carbons (Fsp3) is 0.776. The third-order valence-corrected chi connectivity index (χ3v) is 17.3. The molecule has 0 heterocycles. The Morgan fingerprint density at radius 2 is 1.61 bits per heavy atom. The van der Waals surface area contributed by atoms with Crippen LogP contribution in [0.2, 0.25) is 0 Å². The highest BCUT2D eigenvalue weighted by molar-refractivity contribution is 6.00. The fourth-order valence-corrected chi connectivity index (χ4v) is 14.0. The number of carbonyl (C=O) groups excluding carboxylic acids is 2. The first kappa shape index (κ1) is 47.5. The van der Waals surface area contributed by atoms with E-state index in [-0.39, 0.29) is 70.5 Å². The van der Waals surface area contributed by atoms with Gasteiger partial charge in [-0.2, -0.15) is 0 Å². The summed E-state index contributed by atoms with van der Waals surface area (Å²) in [6.45, 7) is 21.1. The van der Waals surface area contributed by atoms with E-state index in [9.17, 15) is 37.8 Å². The summed E-state index contributed by atoms with van der Waals surface area (Å²) >= 11 is 0. The van der Waals surface area contributed by atoms with Crippen molar-refractivity contribution >= 4 is 17.7 Å². The molecule has 342 valence electrons. The lowest BCUT2D eigenvalue weighted by atomic mass is 9.33. The standard InChI is InChI=1S/C49H73F3N2O7/c1-30(2)40-34(55)26-48(37(56)29-54(24-23-53(10)11)28-31-13-12-14-32(25-31)61-49(50,51)52)22-21-46(8)33(41(40)48)15-16-36-45(7)19-18-38(60-39(57)27-43(3,4)42(58)59)44(5,6)35(45)17-20-47(36,46)9/h12-14,25,30,33,35-38,56H,15-24,26-29H2,1-11H3,(H,58,59)/t33-,35+,36-,37?,38+,45+,46-,47-,48?/m1/s1. The number of alkyl halides is 3. The Morgan fingerprint density at radius 1 is 0.918 bits per heavy atom. The van der Waals surface area contributed by atoms with Crippen molar-refractivity contribution < 1.29 is 47.2 Å². The highest BCUT2D eigenvalue weighted by Gasteiger charge is 2.71. The number of carboxylic acid groups (broad SMARTS) is 1. The molecule has 1 aromatic carbocycles. The van der Waals surface area contributed by atoms with E-state index in [1.165, 1.54) is 17.7 Å². The molecule has 12 heteroatoms. The number of likely N-dealkylation sites (N-methyl/N-ethyl adjacent to an activating group) is 1. The van der Waals surface area contributed by atoms with Crippen LogP contribution in [0.25, 0.3) is 0 Å². The zero-order valence-electron chi connectivity index (χ0n) is 38.6. The zero-order chi connectivity index (χ0) is 45.3. The summed E-state index contributed by atoms with van der Waals surface area (Å²) < 4.78 is 49.8. The lowest BCUT2D eigenvalue weighted by Gasteiger charge is -2.72. The third kappa shape index (κ3) is 8.56. The number of hydrogen-bond donors (Lipinski definition) is 2. The summed E-state index contributed by atoms with van der Waals surface area (Å²) in [5.41, 5.74) is 0.284. The van der Waals surface area contributed by atoms with Crippen LogP contribution in [0.15, 0.2) is 35.4 Å². The lowest BCUT2D eigenvalue weighted by molar-refractivity contribution is -0.274. The van der Waals surface area contributed by atoms with Crippen molar-refractivity contribution in [2.24, 2.45) is 56.2 Å². The fourth-order valence-electron chi connectivity index (χ4n) is 14.0. The van der Waals surface area contributed by atoms with Crippen LogP contribution in [-0.2, 0) is 25.7 Å². The average Bonchev–Trinajstić information content (AvgIpc) is 3.44. The van der Waals surface area contributed by atoms with Gasteiger partial charge in [-0.25, -0.2) is 0 Å². The van der Waals surface area contributed by atoms with E-state index < -0.39 is 35.2 Å². The molecule has 5 aliphatic carbocycles. The molecule has 2 unspecified atom stereocenters. The predicted molar refractivity (Wildman–Crippen MR) is 228 cm³/mol. The number of rotatable bonds is 14. The third-order valence-electron chi connectivity index (χ3n) is 17.3. The molecular weight excluding hydrogens is 786 g/mol. The van der Waals surface area contributed by atoms with E-state index >= 15 is 0 Å². The van der Waals surface area contributed by atoms with Gasteiger partial charge < -0.3 is 24.6 Å². The molecule has 0 spiro atoms. The first-order chi connectivity index (χ1) is 28.1. The Hall–Kier alpha value is -2.96. The molecule has 61 heavy (non-hydrogen) atoms. The minimum Gasteiger partial charge on any atom is -0.481 e. The van der Waals surface area contributed by atoms with E-state index in [1.54, 1.807) is 26.0 Å². The monoisotopic (exact) mass is 859 g/mol. The van der Waals surface area contributed by atoms with Gasteiger partial charge in [-0.3, -0.25) is 19.3 Å². The van der Waals surface area contributed by atoms with Gasteiger partial charge in [0.15, 0.2) is 5.78 Å². The van der Waals surface area contributed by atoms with E-state index in [0.717, 1.165) is 50.5 Å². The number of aliphatic hydroxyl groups is 1. The number of halogens is 3. The van der Waals surface area contributed by atoms with Gasteiger partial charge in [0.2, 0.25) is 0 Å². The number of aliphatic hydroxyl groups excluding tert-OH is 1. The summed E-state index contributed by atoms with van der Waals surface area (Å²) in [4.78, 5) is 43.5. The molecule has 0 radical (unpaired) electrons. The number of hydrogen-bond acceptors (Lipinski definition) is 8. The van der Waals surface area contributed by atoms with Gasteiger partial charge >= 0.3 is 18.3 Å². The minimum absolute atomic E-state index is 0.00112. The van der Waals surface area contributed by atoms with Crippen LogP contribution in [0.1, 0.15) is 132 Å². The van der Waals surface area contributed by atoms with Crippen LogP contribution in [0.5, 0.6) is 5.75 Å². The summed E-state index contributed by atoms with van der Waals surface area (Å²) in [6, 6.07) is 6.04. The zero-order valence-corrected chi connectivity index (χ0v) is 38.6. The summed E-state index contributed by atoms with van der Waals surface area (Å²) in [6.07, 6.45) is 1.25. The van der Waals surface area contributed by atoms with Crippen molar-refractivity contribution in [3.63, 3.8) is 0 Å². The smallest absolute Gasteiger partial charge is 0.481 e. The second-order valence-corrected chi connectivity index (χ2v) is 22.3. The molecule has 0 bridgehead atoms. The number of benzene rings is 1. The van der Waals surface area contributed by atoms with Crippen molar-refractivity contribution in [3.8, 4) is 5.75 Å². The number of aliphatic carboxylic acids is 1. The molecule has 9 atom stereocenters. The summed E-state index contributed by atoms with van der Waals surface area (Å²) in [7, 11) is 3.94. The quantitative estimate of drug-likeness (QED) is 0.177. The molecule has 0 aliphatic heterocycles. The number of Topliss-reactive ketones (excluding diaryl/α,β-unsaturated/α-hetero) is 1. The maximum atomic E-state index is 14.3. The van der Waals surface area contributed by atoms with Gasteiger partial charge in [0.1, 0.15) is 11.9 Å². The van der Waals surface area contributed by atoms with E-state index in [4.69, 9.17) is 4.74 Å². The van der Waals surface area contributed by atoms with Gasteiger partial charge in [-0.1, -0.05) is 66.2 Å². The van der Waals surface area contributed by atoms with Crippen LogP contribution in [0.4, 0.5) is 13.2 Å². The Kier molecular flexibility index (Phi) is 12.9. The topological polar surface area (TPSA) is 117 Å². The minimum atomic E-state index is -4.80. The summed E-state index contributed by atoms with van der Waals surface area (Å²) in [5, 5.41) is 22.3. The second-order valence-electron chi connectivity index (χ2n) is 22.3. The first-order valence-corrected chi connectivity index (χ1v) is 22.7. The van der Waals surface area contributed by atoms with Gasteiger partial charge in [0.05, 0.1) is 17.9 Å². The van der Waals surface area contributed by atoms with Crippen LogP contribution in [-0.4, -0.2) is 90.0 Å². The van der Waals surface area contributed by atoms with Crippen molar-refractivity contribution in [1.82, 2.24) is 9.80 Å². The van der Waals surface area contributed by atoms with Crippen molar-refractivity contribution in [1.29, 1.82) is 0 Å². The maximum Gasteiger partial charge on any atom is 0.573 e. The van der Waals surface area contributed by atoms with Crippen molar-refractivity contribution in [2.45, 2.75) is 152 Å². The molecule has 5 aliphatic rings. The van der Waals surface area contributed by atoms with E-state index in [0.29, 0.717) is 43.5 Å². The number of allylic oxidation sites excluding steroid dienone is 1. The molecule has 4 saturated carbocycles. The highest BCUT2D eigenvalue weighted by atomic mass is 19.4. The molecule has 0 aromatic heterocycles. The number of fused-ring (bicyclic) bond motifs is 7. The Bertz CT molecular complexity index is 1880. The van der Waals surface area contributed by atoms with Crippen LogP contribution in [0.3, 0.4) is 0 Å². The van der Waals surface area contributed by atoms with Crippen molar-refractivity contribution in [3.05, 3.63) is 41.0 Å². The number of ketones is 1. The molecule has 0 amide bonds. The number of carboxylic acids is 1. The highest BCUT2D eigenvalue weighted by Crippen LogP contribution is 2.77. The van der Waals surface area contributed by atoms with Crippen LogP contribution >= 0.6 is 0 Å². The number of carbonyl (C=O) groups is 3. The number of nitrogens with zero attached hydrogens (tertiary/aromatic N) is 2. The molecule has 1 aromatic rings. The summed E-state index contributed by atoms with van der Waals surface area (Å²) in [5.74, 6) is -0.800. The molecule has 6 rings (SSSR count). The molecule has 4 fully saturated rings. The normalized spacial score (nSPS) is 34.2. The Labute approximate surface area is 362 Å². The van der Waals surface area contributed by atoms with E-state index in [2.05, 4.69) is 58.1 Å². The largest absolute Gasteiger partial charge is 0.573 e. The Morgan fingerprint density at radius 3 is 2.23 bits per heavy atom. The number of esters is 1. The van der Waals surface area contributed by atoms with Gasteiger partial charge in [0, 0.05) is 43.4 Å². The molecular formula is C49H73F3N2O7. The molecule has 9 nitrogen and oxygen atoms in total. The second kappa shape index (κ2) is 16.5. The molecule has 0 saturated heterocycles.